The number of amides is 1. The van der Waals surface area contributed by atoms with Crippen molar-refractivity contribution in [3.8, 4) is 0 Å². The maximum atomic E-state index is 12.3. The van der Waals surface area contributed by atoms with E-state index in [9.17, 15) is 18.0 Å². The summed E-state index contributed by atoms with van der Waals surface area (Å²) < 4.78 is 37.0. The van der Waals surface area contributed by atoms with E-state index in [0.29, 0.717) is 12.8 Å². The minimum Gasteiger partial charge on any atom is -0.369 e. The molecule has 2 atom stereocenters. The van der Waals surface area contributed by atoms with Gasteiger partial charge < -0.3 is 5.73 Å². The molecule has 1 saturated carbocycles. The Labute approximate surface area is 74.3 Å². The second-order valence-corrected chi connectivity index (χ2v) is 3.44. The van der Waals surface area contributed by atoms with Crippen molar-refractivity contribution < 1.29 is 18.0 Å². The predicted molar refractivity (Wildman–Crippen MR) is 40.7 cm³/mol. The summed E-state index contributed by atoms with van der Waals surface area (Å²) in [5.41, 5.74) is 4.92. The van der Waals surface area contributed by atoms with Gasteiger partial charge >= 0.3 is 6.18 Å². The molecule has 0 aromatic rings. The van der Waals surface area contributed by atoms with Crippen molar-refractivity contribution in [2.24, 2.45) is 17.6 Å². The van der Waals surface area contributed by atoms with Crippen molar-refractivity contribution in [1.29, 1.82) is 0 Å². The summed E-state index contributed by atoms with van der Waals surface area (Å²) in [4.78, 5) is 10.7. The number of carbonyl (C=O) groups is 1. The van der Waals surface area contributed by atoms with Crippen LogP contribution in [0.2, 0.25) is 0 Å². The third-order valence-corrected chi connectivity index (χ3v) is 2.55. The van der Waals surface area contributed by atoms with Gasteiger partial charge in [0.25, 0.3) is 0 Å². The molecule has 2 N–H and O–H groups in total. The Bertz CT molecular complexity index is 202. The minimum atomic E-state index is -4.28. The van der Waals surface area contributed by atoms with E-state index in [1.807, 2.05) is 0 Å². The second-order valence-electron chi connectivity index (χ2n) is 3.44. The van der Waals surface area contributed by atoms with Crippen LogP contribution in [0.5, 0.6) is 0 Å². The highest BCUT2D eigenvalue weighted by Gasteiger charge is 2.47. The zero-order valence-corrected chi connectivity index (χ0v) is 7.10. The molecule has 76 valence electrons. The molecule has 0 saturated heterocycles. The Morgan fingerprint density at radius 2 is 1.77 bits per heavy atom. The second kappa shape index (κ2) is 3.55. The van der Waals surface area contributed by atoms with Crippen LogP contribution in [0.1, 0.15) is 25.7 Å². The molecule has 5 heteroatoms. The smallest absolute Gasteiger partial charge is 0.369 e. The van der Waals surface area contributed by atoms with E-state index in [-0.39, 0.29) is 12.8 Å². The fourth-order valence-corrected chi connectivity index (χ4v) is 1.86. The maximum absolute atomic E-state index is 12.3. The van der Waals surface area contributed by atoms with Crippen LogP contribution in [-0.4, -0.2) is 12.1 Å². The molecule has 0 spiro atoms. The molecule has 0 aromatic heterocycles. The van der Waals surface area contributed by atoms with E-state index in [4.69, 9.17) is 5.73 Å². The van der Waals surface area contributed by atoms with Crippen LogP contribution >= 0.6 is 0 Å². The highest BCUT2D eigenvalue weighted by atomic mass is 19.4. The van der Waals surface area contributed by atoms with Crippen LogP contribution in [0.15, 0.2) is 0 Å². The quantitative estimate of drug-likeness (QED) is 0.681. The minimum absolute atomic E-state index is 0.0388. The first kappa shape index (κ1) is 10.3. The Morgan fingerprint density at radius 1 is 1.23 bits per heavy atom. The van der Waals surface area contributed by atoms with Crippen molar-refractivity contribution in [1.82, 2.24) is 0 Å². The lowest BCUT2D eigenvalue weighted by Crippen LogP contribution is -2.40. The van der Waals surface area contributed by atoms with Crippen LogP contribution in [-0.2, 0) is 4.79 Å². The van der Waals surface area contributed by atoms with Gasteiger partial charge in [0, 0.05) is 5.92 Å². The standard InChI is InChI=1S/C8H12F3NO/c9-8(10,11)6-4-2-1-3-5(6)7(12)13/h5-6H,1-4H2,(H2,12,13)/t5-,6+/m1/s1. The first-order valence-corrected chi connectivity index (χ1v) is 4.29. The molecule has 0 aromatic carbocycles. The molecule has 1 amide bonds. The SMILES string of the molecule is NC(=O)[C@@H]1CCCC[C@@H]1C(F)(F)F. The van der Waals surface area contributed by atoms with Gasteiger partial charge in [-0.1, -0.05) is 12.8 Å². The van der Waals surface area contributed by atoms with Crippen molar-refractivity contribution in [3.63, 3.8) is 0 Å². The largest absolute Gasteiger partial charge is 0.392 e. The van der Waals surface area contributed by atoms with Gasteiger partial charge in [-0.15, -0.1) is 0 Å². The molecule has 1 aliphatic rings. The van der Waals surface area contributed by atoms with Gasteiger partial charge in [-0.2, -0.15) is 13.2 Å². The molecular formula is C8H12F3NO. The Morgan fingerprint density at radius 3 is 2.15 bits per heavy atom. The van der Waals surface area contributed by atoms with Crippen molar-refractivity contribution in [3.05, 3.63) is 0 Å². The number of nitrogens with two attached hydrogens (primary N) is 1. The summed E-state index contributed by atoms with van der Waals surface area (Å²) in [6, 6.07) is 0. The third-order valence-electron chi connectivity index (χ3n) is 2.55. The average molecular weight is 195 g/mol. The number of carbonyl (C=O) groups excluding carboxylic acids is 1. The molecule has 0 radical (unpaired) electrons. The van der Waals surface area contributed by atoms with Crippen molar-refractivity contribution in [2.75, 3.05) is 0 Å². The van der Waals surface area contributed by atoms with Gasteiger partial charge in [0.1, 0.15) is 0 Å². The molecule has 0 bridgehead atoms. The molecule has 1 fully saturated rings. The zero-order chi connectivity index (χ0) is 10.1. The summed E-state index contributed by atoms with van der Waals surface area (Å²) in [5.74, 6) is -3.34. The number of alkyl halides is 3. The molecule has 0 aliphatic heterocycles. The van der Waals surface area contributed by atoms with E-state index in [1.165, 1.54) is 0 Å². The van der Waals surface area contributed by atoms with Gasteiger partial charge in [-0.05, 0) is 12.8 Å². The molecule has 1 aliphatic carbocycles. The average Bonchev–Trinajstić information content (AvgIpc) is 2.03. The van der Waals surface area contributed by atoms with E-state index < -0.39 is 23.9 Å². The lowest BCUT2D eigenvalue weighted by atomic mass is 9.78. The van der Waals surface area contributed by atoms with Crippen molar-refractivity contribution >= 4 is 5.91 Å². The van der Waals surface area contributed by atoms with Gasteiger partial charge in [0.2, 0.25) is 5.91 Å². The van der Waals surface area contributed by atoms with Crippen LogP contribution in [0.25, 0.3) is 0 Å². The maximum Gasteiger partial charge on any atom is 0.392 e. The fraction of sp³-hybridized carbons (Fsp3) is 0.875. The van der Waals surface area contributed by atoms with Crippen LogP contribution in [0.4, 0.5) is 13.2 Å². The van der Waals surface area contributed by atoms with Gasteiger partial charge in [-0.3, -0.25) is 4.79 Å². The summed E-state index contributed by atoms with van der Waals surface area (Å²) in [5, 5.41) is 0. The zero-order valence-electron chi connectivity index (χ0n) is 7.10. The third kappa shape index (κ3) is 2.35. The van der Waals surface area contributed by atoms with E-state index in [2.05, 4.69) is 0 Å². The summed E-state index contributed by atoms with van der Waals surface area (Å²) in [6.07, 6.45) is -2.76. The van der Waals surface area contributed by atoms with E-state index in [1.54, 1.807) is 0 Å². The first-order chi connectivity index (χ1) is 5.93. The topological polar surface area (TPSA) is 43.1 Å². The number of primary amides is 1. The van der Waals surface area contributed by atoms with E-state index >= 15 is 0 Å². The summed E-state index contributed by atoms with van der Waals surface area (Å²) >= 11 is 0. The predicted octanol–water partition coefficient (Wildman–Crippen LogP) is 1.84. The van der Waals surface area contributed by atoms with Crippen LogP contribution in [0, 0.1) is 11.8 Å². The Hall–Kier alpha value is -0.740. The van der Waals surface area contributed by atoms with Gasteiger partial charge in [-0.25, -0.2) is 0 Å². The van der Waals surface area contributed by atoms with E-state index in [0.717, 1.165) is 0 Å². The normalized spacial score (nSPS) is 30.1. The molecular weight excluding hydrogens is 183 g/mol. The van der Waals surface area contributed by atoms with Crippen LogP contribution in [0.3, 0.4) is 0 Å². The lowest BCUT2D eigenvalue weighted by Gasteiger charge is -2.30. The molecule has 2 nitrogen and oxygen atoms in total. The number of halogens is 3. The molecule has 1 rings (SSSR count). The molecule has 0 unspecified atom stereocenters. The Balaban J connectivity index is 2.73. The lowest BCUT2D eigenvalue weighted by molar-refractivity contribution is -0.197. The monoisotopic (exact) mass is 195 g/mol. The van der Waals surface area contributed by atoms with Crippen molar-refractivity contribution in [2.45, 2.75) is 31.9 Å². The van der Waals surface area contributed by atoms with Gasteiger partial charge in [0.05, 0.1) is 5.92 Å². The molecule has 13 heavy (non-hydrogen) atoms. The van der Waals surface area contributed by atoms with Crippen LogP contribution < -0.4 is 5.73 Å². The number of hydrogen-bond acceptors (Lipinski definition) is 1. The number of rotatable bonds is 1. The summed E-state index contributed by atoms with van der Waals surface area (Å²) in [6.45, 7) is 0. The fourth-order valence-electron chi connectivity index (χ4n) is 1.86. The highest BCUT2D eigenvalue weighted by molar-refractivity contribution is 5.77. The summed E-state index contributed by atoms with van der Waals surface area (Å²) in [7, 11) is 0. The highest BCUT2D eigenvalue weighted by Crippen LogP contribution is 2.41. The number of hydrogen-bond donors (Lipinski definition) is 1. The van der Waals surface area contributed by atoms with Gasteiger partial charge in [0.15, 0.2) is 0 Å². The molecule has 0 heterocycles. The Kier molecular flexibility index (Phi) is 2.83. The first-order valence-electron chi connectivity index (χ1n) is 4.29.